The summed E-state index contributed by atoms with van der Waals surface area (Å²) in [5.41, 5.74) is 0.484. The zero-order chi connectivity index (χ0) is 13.9. The summed E-state index contributed by atoms with van der Waals surface area (Å²) >= 11 is 0. The third-order valence-corrected chi connectivity index (χ3v) is 3.06. The van der Waals surface area contributed by atoms with E-state index < -0.39 is 6.29 Å². The van der Waals surface area contributed by atoms with Crippen LogP contribution in [0.4, 0.5) is 0 Å². The van der Waals surface area contributed by atoms with Crippen molar-refractivity contribution in [3.63, 3.8) is 0 Å². The second-order valence-corrected chi connectivity index (χ2v) is 4.72. The molecule has 0 bridgehead atoms. The van der Waals surface area contributed by atoms with Crippen LogP contribution in [0, 0.1) is 0 Å². The van der Waals surface area contributed by atoms with Crippen LogP contribution in [0.2, 0.25) is 0 Å². The maximum atomic E-state index is 11.8. The Morgan fingerprint density at radius 1 is 1.11 bits per heavy atom. The molecular weight excluding hydrogens is 240 g/mol. The number of rotatable bonds is 10. The number of aliphatic hydroxyl groups is 1. The van der Waals surface area contributed by atoms with Crippen LogP contribution in [-0.4, -0.2) is 23.8 Å². The lowest BCUT2D eigenvalue weighted by molar-refractivity contribution is -0.0729. The molecule has 1 rings (SSSR count). The molecule has 3 heteroatoms. The van der Waals surface area contributed by atoms with Crippen LogP contribution in [0.3, 0.4) is 0 Å². The van der Waals surface area contributed by atoms with Crippen molar-refractivity contribution in [2.45, 2.75) is 51.7 Å². The fourth-order valence-corrected chi connectivity index (χ4v) is 1.90. The van der Waals surface area contributed by atoms with E-state index in [2.05, 4.69) is 6.92 Å². The van der Waals surface area contributed by atoms with Crippen molar-refractivity contribution in [2.24, 2.45) is 0 Å². The number of unbranched alkanes of at least 4 members (excludes halogenated alkanes) is 5. The quantitative estimate of drug-likeness (QED) is 0.399. The summed E-state index contributed by atoms with van der Waals surface area (Å²) in [6, 6.07) is 8.74. The van der Waals surface area contributed by atoms with E-state index in [1.807, 2.05) is 6.07 Å². The van der Waals surface area contributed by atoms with Gasteiger partial charge in [-0.2, -0.15) is 0 Å². The van der Waals surface area contributed by atoms with Gasteiger partial charge >= 0.3 is 0 Å². The molecule has 0 spiro atoms. The number of benzene rings is 1. The number of hydrogen-bond acceptors (Lipinski definition) is 3. The van der Waals surface area contributed by atoms with Crippen LogP contribution in [0.1, 0.15) is 55.8 Å². The molecule has 0 aliphatic carbocycles. The number of ketones is 1. The van der Waals surface area contributed by atoms with Gasteiger partial charge < -0.3 is 9.84 Å². The van der Waals surface area contributed by atoms with Crippen molar-refractivity contribution in [3.05, 3.63) is 35.9 Å². The van der Waals surface area contributed by atoms with Crippen LogP contribution in [-0.2, 0) is 4.74 Å². The molecule has 3 nitrogen and oxygen atoms in total. The standard InChI is InChI=1S/C16H24O3/c1-2-3-4-5-6-10-13-19-16(18)15(17)14-11-8-7-9-12-14/h7-9,11-12,16,18H,2-6,10,13H2,1H3. The fourth-order valence-electron chi connectivity index (χ4n) is 1.90. The molecule has 0 aromatic heterocycles. The molecule has 106 valence electrons. The Morgan fingerprint density at radius 2 is 1.74 bits per heavy atom. The second kappa shape index (κ2) is 9.70. The normalized spacial score (nSPS) is 12.3. The topological polar surface area (TPSA) is 46.5 Å². The molecular formula is C16H24O3. The summed E-state index contributed by atoms with van der Waals surface area (Å²) in [7, 11) is 0. The van der Waals surface area contributed by atoms with Crippen molar-refractivity contribution in [3.8, 4) is 0 Å². The minimum absolute atomic E-state index is 0.369. The molecule has 1 atom stereocenters. The Labute approximate surface area is 115 Å². The second-order valence-electron chi connectivity index (χ2n) is 4.72. The highest BCUT2D eigenvalue weighted by atomic mass is 16.6. The third kappa shape index (κ3) is 6.50. The van der Waals surface area contributed by atoms with Gasteiger partial charge in [-0.05, 0) is 6.42 Å². The monoisotopic (exact) mass is 264 g/mol. The van der Waals surface area contributed by atoms with E-state index in [1.54, 1.807) is 24.3 Å². The zero-order valence-electron chi connectivity index (χ0n) is 11.7. The predicted molar refractivity (Wildman–Crippen MR) is 76.1 cm³/mol. The molecule has 19 heavy (non-hydrogen) atoms. The lowest BCUT2D eigenvalue weighted by Crippen LogP contribution is -2.24. The molecule has 1 aromatic carbocycles. The van der Waals surface area contributed by atoms with Crippen molar-refractivity contribution >= 4 is 5.78 Å². The first kappa shape index (κ1) is 15.9. The Balaban J connectivity index is 2.14. The predicted octanol–water partition coefficient (Wildman–Crippen LogP) is 3.56. The molecule has 0 aliphatic heterocycles. The van der Waals surface area contributed by atoms with E-state index >= 15 is 0 Å². The molecule has 0 aliphatic rings. The van der Waals surface area contributed by atoms with E-state index in [9.17, 15) is 9.90 Å². The van der Waals surface area contributed by atoms with Crippen molar-refractivity contribution in [1.82, 2.24) is 0 Å². The fraction of sp³-hybridized carbons (Fsp3) is 0.562. The number of aliphatic hydroxyl groups excluding tert-OH is 1. The highest BCUT2D eigenvalue weighted by Gasteiger charge is 2.16. The van der Waals surface area contributed by atoms with Crippen LogP contribution in [0.25, 0.3) is 0 Å². The Morgan fingerprint density at radius 3 is 2.42 bits per heavy atom. The van der Waals surface area contributed by atoms with Crippen molar-refractivity contribution < 1.29 is 14.6 Å². The third-order valence-electron chi connectivity index (χ3n) is 3.06. The van der Waals surface area contributed by atoms with Gasteiger partial charge in [-0.25, -0.2) is 0 Å². The van der Waals surface area contributed by atoms with Gasteiger partial charge in [-0.3, -0.25) is 4.79 Å². The summed E-state index contributed by atoms with van der Waals surface area (Å²) in [6.45, 7) is 2.63. The molecule has 1 aromatic rings. The maximum Gasteiger partial charge on any atom is 0.220 e. The van der Waals surface area contributed by atoms with Gasteiger partial charge in [0.15, 0.2) is 0 Å². The van der Waals surface area contributed by atoms with Gasteiger partial charge in [-0.1, -0.05) is 69.4 Å². The lowest BCUT2D eigenvalue weighted by Gasteiger charge is -2.10. The molecule has 1 N–H and O–H groups in total. The highest BCUT2D eigenvalue weighted by Crippen LogP contribution is 2.07. The first-order valence-electron chi connectivity index (χ1n) is 7.14. The van der Waals surface area contributed by atoms with E-state index in [0.29, 0.717) is 12.2 Å². The van der Waals surface area contributed by atoms with Gasteiger partial charge in [0.05, 0.1) is 6.61 Å². The van der Waals surface area contributed by atoms with E-state index in [-0.39, 0.29) is 5.78 Å². The first-order chi connectivity index (χ1) is 9.25. The van der Waals surface area contributed by atoms with Gasteiger partial charge in [0.25, 0.3) is 0 Å². The molecule has 0 radical (unpaired) electrons. The molecule has 0 fully saturated rings. The Hall–Kier alpha value is -1.19. The average Bonchev–Trinajstić information content (AvgIpc) is 2.46. The first-order valence-corrected chi connectivity index (χ1v) is 7.14. The van der Waals surface area contributed by atoms with E-state index in [0.717, 1.165) is 12.8 Å². The minimum Gasteiger partial charge on any atom is -0.362 e. The maximum absolute atomic E-state index is 11.8. The minimum atomic E-state index is -1.34. The molecule has 0 saturated carbocycles. The van der Waals surface area contributed by atoms with Gasteiger partial charge in [-0.15, -0.1) is 0 Å². The van der Waals surface area contributed by atoms with E-state index in [1.165, 1.54) is 25.7 Å². The Bertz CT molecular complexity index is 348. The number of carbonyl (C=O) groups excluding carboxylic acids is 1. The number of Topliss-reactive ketones (excluding diaryl/α,β-unsaturated/α-hetero) is 1. The van der Waals surface area contributed by atoms with Gasteiger partial charge in [0, 0.05) is 5.56 Å². The summed E-state index contributed by atoms with van der Waals surface area (Å²) in [5, 5.41) is 9.64. The van der Waals surface area contributed by atoms with Gasteiger partial charge in [0.2, 0.25) is 12.1 Å². The van der Waals surface area contributed by atoms with Gasteiger partial charge in [0.1, 0.15) is 0 Å². The van der Waals surface area contributed by atoms with E-state index in [4.69, 9.17) is 4.74 Å². The van der Waals surface area contributed by atoms with Crippen LogP contribution >= 0.6 is 0 Å². The summed E-state index contributed by atoms with van der Waals surface area (Å²) in [6.07, 6.45) is 5.60. The number of hydrogen-bond donors (Lipinski definition) is 1. The van der Waals surface area contributed by atoms with Crippen molar-refractivity contribution in [2.75, 3.05) is 6.61 Å². The van der Waals surface area contributed by atoms with Crippen LogP contribution in [0.5, 0.6) is 0 Å². The molecule has 1 unspecified atom stereocenters. The summed E-state index contributed by atoms with van der Waals surface area (Å²) in [5.74, 6) is -0.369. The highest BCUT2D eigenvalue weighted by molar-refractivity contribution is 5.98. The number of carbonyl (C=O) groups is 1. The zero-order valence-corrected chi connectivity index (χ0v) is 11.7. The number of ether oxygens (including phenoxy) is 1. The smallest absolute Gasteiger partial charge is 0.220 e. The van der Waals surface area contributed by atoms with Crippen LogP contribution < -0.4 is 0 Å². The van der Waals surface area contributed by atoms with Crippen LogP contribution in [0.15, 0.2) is 30.3 Å². The molecule has 0 amide bonds. The van der Waals surface area contributed by atoms with Crippen molar-refractivity contribution in [1.29, 1.82) is 0 Å². The molecule has 0 saturated heterocycles. The molecule has 0 heterocycles. The lowest BCUT2D eigenvalue weighted by atomic mass is 10.1. The summed E-state index contributed by atoms with van der Waals surface area (Å²) in [4.78, 5) is 11.8. The average molecular weight is 264 g/mol. The summed E-state index contributed by atoms with van der Waals surface area (Å²) < 4.78 is 5.17. The largest absolute Gasteiger partial charge is 0.362 e. The SMILES string of the molecule is CCCCCCCCOC(O)C(=O)c1ccccc1. The Kier molecular flexibility index (Phi) is 8.10.